The molecule has 8 nitrogen and oxygen atoms in total. The highest BCUT2D eigenvalue weighted by atomic mass is 19.4. The molecule has 266 valence electrons. The Labute approximate surface area is 287 Å². The topological polar surface area (TPSA) is 75.6 Å². The molecule has 3 aliphatic heterocycles. The average molecular weight is 697 g/mol. The van der Waals surface area contributed by atoms with Gasteiger partial charge in [0.15, 0.2) is 5.82 Å². The first kappa shape index (κ1) is 33.5. The van der Waals surface area contributed by atoms with E-state index in [1.165, 1.54) is 6.07 Å². The summed E-state index contributed by atoms with van der Waals surface area (Å²) in [5, 5.41) is 5.62. The van der Waals surface area contributed by atoms with Crippen molar-refractivity contribution in [2.24, 2.45) is 5.41 Å². The summed E-state index contributed by atoms with van der Waals surface area (Å²) in [5.74, 6) is -0.372. The van der Waals surface area contributed by atoms with Crippen molar-refractivity contribution in [2.45, 2.75) is 83.3 Å². The van der Waals surface area contributed by atoms with E-state index in [0.29, 0.717) is 65.9 Å². The molecule has 3 atom stereocenters. The molecule has 2 aromatic carbocycles. The van der Waals surface area contributed by atoms with Crippen molar-refractivity contribution in [3.8, 4) is 17.3 Å². The van der Waals surface area contributed by atoms with Gasteiger partial charge in [-0.05, 0) is 74.3 Å². The zero-order chi connectivity index (χ0) is 34.8. The van der Waals surface area contributed by atoms with Crippen LogP contribution in [-0.4, -0.2) is 83.7 Å². The highest BCUT2D eigenvalue weighted by Gasteiger charge is 2.47. The number of likely N-dealkylation sites (tertiary alicyclic amines) is 1. The number of pyridine rings is 1. The molecule has 8 rings (SSSR count). The monoisotopic (exact) mass is 696 g/mol. The largest absolute Gasteiger partial charge is 0.522 e. The third-order valence-electron chi connectivity index (χ3n) is 11.1. The average Bonchev–Trinajstić information content (AvgIpc) is 3.72. The van der Waals surface area contributed by atoms with Gasteiger partial charge in [0.25, 0.3) is 0 Å². The number of aromatic nitrogens is 3. The van der Waals surface area contributed by atoms with E-state index in [1.807, 2.05) is 17.0 Å². The Morgan fingerprint density at radius 3 is 2.64 bits per heavy atom. The minimum Gasteiger partial charge on any atom is -0.463 e. The summed E-state index contributed by atoms with van der Waals surface area (Å²) in [6, 6.07) is 9.05. The van der Waals surface area contributed by atoms with Gasteiger partial charge in [-0.2, -0.15) is 9.97 Å². The molecule has 1 saturated carbocycles. The van der Waals surface area contributed by atoms with Crippen LogP contribution in [0.3, 0.4) is 0 Å². The van der Waals surface area contributed by atoms with Crippen molar-refractivity contribution < 1.29 is 31.4 Å². The lowest BCUT2D eigenvalue weighted by molar-refractivity contribution is -0.340. The van der Waals surface area contributed by atoms with Crippen molar-refractivity contribution in [1.82, 2.24) is 25.2 Å². The Balaban J connectivity index is 1.19. The number of hydrogen-bond donors (Lipinski definition) is 1. The van der Waals surface area contributed by atoms with E-state index in [0.717, 1.165) is 44.0 Å². The van der Waals surface area contributed by atoms with Gasteiger partial charge in [-0.3, -0.25) is 9.64 Å². The van der Waals surface area contributed by atoms with Crippen LogP contribution >= 0.6 is 0 Å². The minimum atomic E-state index is -4.65. The fourth-order valence-electron chi connectivity index (χ4n) is 8.42. The molecule has 0 amide bonds. The van der Waals surface area contributed by atoms with Gasteiger partial charge >= 0.3 is 12.4 Å². The quantitative estimate of drug-likeness (QED) is 0.196. The Kier molecular flexibility index (Phi) is 8.58. The smallest absolute Gasteiger partial charge is 0.463 e. The molecule has 0 bridgehead atoms. The van der Waals surface area contributed by atoms with Crippen LogP contribution in [0.5, 0.6) is 6.01 Å². The van der Waals surface area contributed by atoms with Crippen molar-refractivity contribution in [1.29, 1.82) is 0 Å². The number of ether oxygens (including phenoxy) is 2. The van der Waals surface area contributed by atoms with E-state index in [1.54, 1.807) is 19.1 Å². The summed E-state index contributed by atoms with van der Waals surface area (Å²) < 4.78 is 81.0. The Morgan fingerprint density at radius 2 is 1.86 bits per heavy atom. The molecule has 0 unspecified atom stereocenters. The number of nitrogens with one attached hydrogen (secondary N) is 1. The fraction of sp³-hybridized carbons (Fsp3) is 0.541. The Morgan fingerprint density at radius 1 is 1.02 bits per heavy atom. The molecule has 3 fully saturated rings. The van der Waals surface area contributed by atoms with Crippen LogP contribution in [-0.2, 0) is 11.2 Å². The van der Waals surface area contributed by atoms with E-state index in [2.05, 4.69) is 21.9 Å². The van der Waals surface area contributed by atoms with Crippen LogP contribution in [0.1, 0.15) is 56.7 Å². The second-order valence-corrected chi connectivity index (χ2v) is 14.5. The molecule has 0 radical (unpaired) electrons. The van der Waals surface area contributed by atoms with Gasteiger partial charge in [-0.25, -0.2) is 13.8 Å². The number of fused-ring (bicyclic) bond motifs is 3. The van der Waals surface area contributed by atoms with Crippen molar-refractivity contribution in [3.05, 3.63) is 53.2 Å². The van der Waals surface area contributed by atoms with Gasteiger partial charge in [0.05, 0.1) is 23.8 Å². The second-order valence-electron chi connectivity index (χ2n) is 14.5. The summed E-state index contributed by atoms with van der Waals surface area (Å²) in [7, 11) is 0. The maximum absolute atomic E-state index is 17.1. The van der Waals surface area contributed by atoms with E-state index >= 15 is 4.39 Å². The van der Waals surface area contributed by atoms with Gasteiger partial charge in [0.1, 0.15) is 22.8 Å². The van der Waals surface area contributed by atoms with Crippen molar-refractivity contribution in [3.63, 3.8) is 0 Å². The first-order chi connectivity index (χ1) is 24.0. The third-order valence-corrected chi connectivity index (χ3v) is 11.1. The number of piperazine rings is 1. The van der Waals surface area contributed by atoms with Crippen LogP contribution in [0.2, 0.25) is 0 Å². The first-order valence-electron chi connectivity index (χ1n) is 17.7. The van der Waals surface area contributed by atoms with E-state index in [-0.39, 0.29) is 53.7 Å². The van der Waals surface area contributed by atoms with E-state index < -0.39 is 18.3 Å². The van der Waals surface area contributed by atoms with Crippen LogP contribution in [0, 0.1) is 24.0 Å². The van der Waals surface area contributed by atoms with E-state index in [9.17, 15) is 17.6 Å². The van der Waals surface area contributed by atoms with Crippen LogP contribution in [0.25, 0.3) is 32.9 Å². The lowest BCUT2D eigenvalue weighted by atomic mass is 9.91. The number of halogens is 5. The standard InChI is InChI=1S/C37H41F5N6O2/c1-3-26-28-9-5-8-27-30-33(31(39)32(44-27)24-7-4-6-22-10-11-25(38)21(2)29(22)24)45-35(46-34(30)48(28)17-15-43-26)49-20-36(13-14-36)19-47-16-12-23(18-47)50-37(40,41)42/h4,6-7,10-11,23,26,28,43H,3,5,8-9,12-20H2,1-2H3/t23-,26-,28+/m0/s1. The lowest BCUT2D eigenvalue weighted by Crippen LogP contribution is -2.58. The summed E-state index contributed by atoms with van der Waals surface area (Å²) in [6.07, 6.45) is -0.206. The van der Waals surface area contributed by atoms with Crippen molar-refractivity contribution in [2.75, 3.05) is 44.2 Å². The van der Waals surface area contributed by atoms with Crippen molar-refractivity contribution >= 4 is 27.5 Å². The molecule has 2 saturated heterocycles. The molecule has 4 aromatic rings. The van der Waals surface area contributed by atoms with Crippen LogP contribution < -0.4 is 15.0 Å². The summed E-state index contributed by atoms with van der Waals surface area (Å²) in [6.45, 7) is 6.84. The highest BCUT2D eigenvalue weighted by molar-refractivity contribution is 6.01. The molecular formula is C37H41F5N6O2. The number of nitrogens with zero attached hydrogens (tertiary/aromatic N) is 5. The Hall–Kier alpha value is -3.68. The third kappa shape index (κ3) is 6.25. The summed E-state index contributed by atoms with van der Waals surface area (Å²) in [4.78, 5) is 18.9. The SMILES string of the molecule is CC[C@@H]1NCCN2c3nc(OCC4(CN5CC[C@H](OC(F)(F)F)C5)CC4)nc4c(F)c(-c5cccc6ccc(F)c(C)c56)nc(c34)CCC[C@H]12. The predicted octanol–water partition coefficient (Wildman–Crippen LogP) is 7.09. The normalized spacial score (nSPS) is 23.6. The number of rotatable bonds is 8. The molecule has 4 aliphatic rings. The number of aryl methyl sites for hydroxylation is 2. The summed E-state index contributed by atoms with van der Waals surface area (Å²) >= 11 is 0. The zero-order valence-corrected chi connectivity index (χ0v) is 28.3. The second kappa shape index (κ2) is 12.8. The molecule has 50 heavy (non-hydrogen) atoms. The fourth-order valence-corrected chi connectivity index (χ4v) is 8.42. The lowest BCUT2D eigenvalue weighted by Gasteiger charge is -2.44. The van der Waals surface area contributed by atoms with Crippen LogP contribution in [0.15, 0.2) is 30.3 Å². The Bertz CT molecular complexity index is 1930. The minimum absolute atomic E-state index is 0.0616. The predicted molar refractivity (Wildman–Crippen MR) is 180 cm³/mol. The molecule has 1 aliphatic carbocycles. The molecule has 1 N–H and O–H groups in total. The zero-order valence-electron chi connectivity index (χ0n) is 28.3. The molecule has 5 heterocycles. The molecule has 0 spiro atoms. The maximum Gasteiger partial charge on any atom is 0.522 e. The van der Waals surface area contributed by atoms with E-state index in [4.69, 9.17) is 19.7 Å². The number of anilines is 1. The number of hydrogen-bond acceptors (Lipinski definition) is 8. The van der Waals surface area contributed by atoms with Crippen LogP contribution in [0.4, 0.5) is 27.8 Å². The highest BCUT2D eigenvalue weighted by Crippen LogP contribution is 2.48. The first-order valence-corrected chi connectivity index (χ1v) is 17.7. The van der Waals surface area contributed by atoms with Gasteiger partial charge in [0.2, 0.25) is 0 Å². The molecular weight excluding hydrogens is 655 g/mol. The van der Waals surface area contributed by atoms with Gasteiger partial charge < -0.3 is 15.0 Å². The number of alkyl halides is 3. The number of benzene rings is 2. The van der Waals surface area contributed by atoms with Gasteiger partial charge in [0, 0.05) is 55.8 Å². The van der Waals surface area contributed by atoms with Gasteiger partial charge in [-0.15, -0.1) is 13.2 Å². The maximum atomic E-state index is 17.1. The summed E-state index contributed by atoms with van der Waals surface area (Å²) in [5.41, 5.74) is 1.63. The van der Waals surface area contributed by atoms with Gasteiger partial charge in [-0.1, -0.05) is 31.2 Å². The molecule has 2 aromatic heterocycles. The molecule has 13 heteroatoms.